The molecule has 0 unspecified atom stereocenters. The number of fused-ring (bicyclic) bond motifs is 1. The molecule has 0 aliphatic carbocycles. The van der Waals surface area contributed by atoms with Crippen LogP contribution in [0.15, 0.2) is 10.5 Å². The van der Waals surface area contributed by atoms with Crippen LogP contribution in [0.2, 0.25) is 0 Å². The number of rotatable bonds is 2. The lowest BCUT2D eigenvalue weighted by Gasteiger charge is -2.02. The Hall–Kier alpha value is -1.69. The standard InChI is InChI=1S/C9H9F2N3O/c1-13-3-4-5(10)2-6(11)8-7(4)14-9(12)15-8/h2,13H,3H2,1H3,(H2,12,14). The summed E-state index contributed by atoms with van der Waals surface area (Å²) in [7, 11) is 1.65. The zero-order valence-electron chi connectivity index (χ0n) is 7.97. The first-order chi connectivity index (χ1) is 7.13. The largest absolute Gasteiger partial charge is 0.421 e. The van der Waals surface area contributed by atoms with Gasteiger partial charge in [-0.3, -0.25) is 0 Å². The van der Waals surface area contributed by atoms with Gasteiger partial charge in [-0.1, -0.05) is 0 Å². The Kier molecular flexibility index (Phi) is 2.28. The van der Waals surface area contributed by atoms with Gasteiger partial charge in [0.15, 0.2) is 11.4 Å². The van der Waals surface area contributed by atoms with Crippen LogP contribution in [0.4, 0.5) is 14.8 Å². The van der Waals surface area contributed by atoms with Gasteiger partial charge >= 0.3 is 0 Å². The molecule has 0 saturated carbocycles. The maximum Gasteiger partial charge on any atom is 0.293 e. The highest BCUT2D eigenvalue weighted by Crippen LogP contribution is 2.26. The topological polar surface area (TPSA) is 64.1 Å². The first kappa shape index (κ1) is 9.85. The summed E-state index contributed by atoms with van der Waals surface area (Å²) in [6.07, 6.45) is 0. The first-order valence-corrected chi connectivity index (χ1v) is 4.31. The van der Waals surface area contributed by atoms with Gasteiger partial charge in [-0.2, -0.15) is 4.98 Å². The van der Waals surface area contributed by atoms with Crippen LogP contribution in [0, 0.1) is 11.6 Å². The molecular weight excluding hydrogens is 204 g/mol. The summed E-state index contributed by atoms with van der Waals surface area (Å²) >= 11 is 0. The third-order valence-corrected chi connectivity index (χ3v) is 2.04. The summed E-state index contributed by atoms with van der Waals surface area (Å²) in [5.41, 5.74) is 5.54. The molecule has 0 saturated heterocycles. The van der Waals surface area contributed by atoms with Crippen molar-refractivity contribution < 1.29 is 13.2 Å². The molecule has 0 spiro atoms. The van der Waals surface area contributed by atoms with Crippen LogP contribution in [-0.2, 0) is 6.54 Å². The lowest BCUT2D eigenvalue weighted by atomic mass is 10.1. The van der Waals surface area contributed by atoms with E-state index in [0.717, 1.165) is 6.07 Å². The monoisotopic (exact) mass is 213 g/mol. The number of nitrogens with two attached hydrogens (primary N) is 1. The molecule has 15 heavy (non-hydrogen) atoms. The van der Waals surface area contributed by atoms with Crippen molar-refractivity contribution in [2.45, 2.75) is 6.54 Å². The molecule has 0 aliphatic heterocycles. The van der Waals surface area contributed by atoms with E-state index in [1.54, 1.807) is 7.05 Å². The summed E-state index contributed by atoms with van der Waals surface area (Å²) in [6, 6.07) is 0.589. The van der Waals surface area contributed by atoms with Crippen molar-refractivity contribution in [3.8, 4) is 0 Å². The van der Waals surface area contributed by atoms with Crippen molar-refractivity contribution in [2.75, 3.05) is 12.8 Å². The Bertz CT molecular complexity index is 510. The zero-order chi connectivity index (χ0) is 11.0. The maximum atomic E-state index is 13.4. The quantitative estimate of drug-likeness (QED) is 0.791. The molecule has 0 bridgehead atoms. The Morgan fingerprint density at radius 1 is 1.47 bits per heavy atom. The molecule has 80 valence electrons. The van der Waals surface area contributed by atoms with Crippen LogP contribution in [-0.4, -0.2) is 12.0 Å². The average molecular weight is 213 g/mol. The minimum Gasteiger partial charge on any atom is -0.421 e. The van der Waals surface area contributed by atoms with Gasteiger partial charge < -0.3 is 15.5 Å². The molecule has 1 aromatic heterocycles. The molecule has 0 atom stereocenters. The van der Waals surface area contributed by atoms with Gasteiger partial charge in [-0.25, -0.2) is 8.78 Å². The highest BCUT2D eigenvalue weighted by Gasteiger charge is 2.17. The molecule has 2 rings (SSSR count). The number of hydrogen-bond acceptors (Lipinski definition) is 4. The summed E-state index contributed by atoms with van der Waals surface area (Å²) < 4.78 is 31.4. The predicted octanol–water partition coefficient (Wildman–Crippen LogP) is 1.41. The van der Waals surface area contributed by atoms with Crippen molar-refractivity contribution in [2.24, 2.45) is 0 Å². The van der Waals surface area contributed by atoms with E-state index in [0.29, 0.717) is 0 Å². The molecule has 6 heteroatoms. The van der Waals surface area contributed by atoms with Crippen LogP contribution < -0.4 is 11.1 Å². The summed E-state index contributed by atoms with van der Waals surface area (Å²) in [5.74, 6) is -1.46. The normalized spacial score (nSPS) is 11.1. The number of benzene rings is 1. The van der Waals surface area contributed by atoms with Gasteiger partial charge in [0.25, 0.3) is 6.01 Å². The number of halogens is 2. The smallest absolute Gasteiger partial charge is 0.293 e. The molecule has 0 fully saturated rings. The second-order valence-corrected chi connectivity index (χ2v) is 3.08. The van der Waals surface area contributed by atoms with Crippen molar-refractivity contribution in [3.05, 3.63) is 23.3 Å². The second-order valence-electron chi connectivity index (χ2n) is 3.08. The van der Waals surface area contributed by atoms with E-state index >= 15 is 0 Å². The van der Waals surface area contributed by atoms with Crippen LogP contribution in [0.5, 0.6) is 0 Å². The predicted molar refractivity (Wildman–Crippen MR) is 51.1 cm³/mol. The van der Waals surface area contributed by atoms with Gasteiger partial charge in [0.1, 0.15) is 11.3 Å². The third-order valence-electron chi connectivity index (χ3n) is 2.04. The number of aromatic nitrogens is 1. The molecular formula is C9H9F2N3O. The van der Waals surface area contributed by atoms with E-state index in [-0.39, 0.29) is 29.2 Å². The SMILES string of the molecule is CNCc1c(F)cc(F)c2oc(N)nc12. The Balaban J connectivity index is 2.76. The van der Waals surface area contributed by atoms with Crippen LogP contribution in [0.25, 0.3) is 11.1 Å². The number of nitrogens with one attached hydrogen (secondary N) is 1. The van der Waals surface area contributed by atoms with E-state index < -0.39 is 11.6 Å². The Morgan fingerprint density at radius 2 is 2.20 bits per heavy atom. The molecule has 0 radical (unpaired) electrons. The number of nitrogens with zero attached hydrogens (tertiary/aromatic N) is 1. The van der Waals surface area contributed by atoms with E-state index in [4.69, 9.17) is 10.2 Å². The molecule has 2 aromatic rings. The molecule has 3 N–H and O–H groups in total. The van der Waals surface area contributed by atoms with Crippen molar-refractivity contribution >= 4 is 17.1 Å². The summed E-state index contributed by atoms with van der Waals surface area (Å²) in [5, 5.41) is 2.76. The van der Waals surface area contributed by atoms with Crippen LogP contribution in [0.3, 0.4) is 0 Å². The average Bonchev–Trinajstić information content (AvgIpc) is 2.55. The lowest BCUT2D eigenvalue weighted by molar-refractivity contribution is 0.546. The highest BCUT2D eigenvalue weighted by atomic mass is 19.1. The van der Waals surface area contributed by atoms with Crippen molar-refractivity contribution in [1.82, 2.24) is 10.3 Å². The van der Waals surface area contributed by atoms with Crippen molar-refractivity contribution in [3.63, 3.8) is 0 Å². The van der Waals surface area contributed by atoms with Crippen molar-refractivity contribution in [1.29, 1.82) is 0 Å². The number of anilines is 1. The molecule has 1 aromatic carbocycles. The third kappa shape index (κ3) is 1.52. The van der Waals surface area contributed by atoms with E-state index in [1.165, 1.54) is 0 Å². The van der Waals surface area contributed by atoms with Gasteiger partial charge in [0.05, 0.1) is 0 Å². The summed E-state index contributed by atoms with van der Waals surface area (Å²) in [6.45, 7) is 0.231. The maximum absolute atomic E-state index is 13.4. The minimum absolute atomic E-state index is 0.112. The highest BCUT2D eigenvalue weighted by molar-refractivity contribution is 5.78. The Morgan fingerprint density at radius 3 is 2.87 bits per heavy atom. The summed E-state index contributed by atoms with van der Waals surface area (Å²) in [4.78, 5) is 3.74. The van der Waals surface area contributed by atoms with E-state index in [9.17, 15) is 8.78 Å². The van der Waals surface area contributed by atoms with Gasteiger partial charge in [0.2, 0.25) is 0 Å². The fourth-order valence-corrected chi connectivity index (χ4v) is 1.43. The minimum atomic E-state index is -0.799. The van der Waals surface area contributed by atoms with Crippen LogP contribution >= 0.6 is 0 Å². The number of oxazole rings is 1. The van der Waals surface area contributed by atoms with E-state index in [1.807, 2.05) is 0 Å². The molecule has 0 amide bonds. The van der Waals surface area contributed by atoms with Gasteiger partial charge in [-0.05, 0) is 7.05 Å². The zero-order valence-corrected chi connectivity index (χ0v) is 7.97. The first-order valence-electron chi connectivity index (χ1n) is 4.31. The number of nitrogen functional groups attached to an aromatic ring is 1. The van der Waals surface area contributed by atoms with Gasteiger partial charge in [-0.15, -0.1) is 0 Å². The van der Waals surface area contributed by atoms with E-state index in [2.05, 4.69) is 10.3 Å². The molecule has 1 heterocycles. The second kappa shape index (κ2) is 3.47. The fraction of sp³-hybridized carbons (Fsp3) is 0.222. The van der Waals surface area contributed by atoms with Crippen LogP contribution in [0.1, 0.15) is 5.56 Å². The van der Waals surface area contributed by atoms with Gasteiger partial charge in [0, 0.05) is 18.2 Å². The molecule has 0 aliphatic rings. The molecule has 4 nitrogen and oxygen atoms in total. The lowest BCUT2D eigenvalue weighted by Crippen LogP contribution is -2.08. The fourth-order valence-electron chi connectivity index (χ4n) is 1.43. The number of hydrogen-bond donors (Lipinski definition) is 2. The Labute approximate surface area is 84.1 Å².